The van der Waals surface area contributed by atoms with Gasteiger partial charge >= 0.3 is 0 Å². The Kier molecular flexibility index (Phi) is 5.17. The van der Waals surface area contributed by atoms with Gasteiger partial charge in [-0.3, -0.25) is 0 Å². The molecule has 2 heteroatoms. The van der Waals surface area contributed by atoms with Crippen LogP contribution in [0.3, 0.4) is 0 Å². The number of benzene rings is 6. The number of hydrogen-bond donors (Lipinski definition) is 0. The zero-order chi connectivity index (χ0) is 26.5. The summed E-state index contributed by atoms with van der Waals surface area (Å²) in [6, 6.07) is 51.4. The van der Waals surface area contributed by atoms with Gasteiger partial charge < -0.3 is 0 Å². The second-order valence-electron chi connectivity index (χ2n) is 10.2. The highest BCUT2D eigenvalue weighted by Gasteiger charge is 2.19. The smallest absolute Gasteiger partial charge is 0.0722 e. The largest absolute Gasteiger partial charge is 0.248 e. The van der Waals surface area contributed by atoms with Crippen molar-refractivity contribution in [2.24, 2.45) is 0 Å². The summed E-state index contributed by atoms with van der Waals surface area (Å²) in [5.74, 6) is 0. The highest BCUT2D eigenvalue weighted by atomic mass is 14.7. The molecule has 0 bridgehead atoms. The molecule has 0 amide bonds. The van der Waals surface area contributed by atoms with Gasteiger partial charge in [0.1, 0.15) is 0 Å². The second-order valence-corrected chi connectivity index (χ2v) is 10.2. The first-order valence-electron chi connectivity index (χ1n) is 13.6. The maximum Gasteiger partial charge on any atom is 0.0722 e. The fourth-order valence-corrected chi connectivity index (χ4v) is 5.95. The van der Waals surface area contributed by atoms with E-state index in [0.29, 0.717) is 0 Å². The molecule has 0 aliphatic carbocycles. The van der Waals surface area contributed by atoms with Crippen molar-refractivity contribution in [1.82, 2.24) is 9.97 Å². The van der Waals surface area contributed by atoms with Crippen molar-refractivity contribution in [2.75, 3.05) is 0 Å². The summed E-state index contributed by atoms with van der Waals surface area (Å²) >= 11 is 0. The number of rotatable bonds is 3. The summed E-state index contributed by atoms with van der Waals surface area (Å²) in [6.45, 7) is 0. The Hall–Kier alpha value is -5.34. The minimum atomic E-state index is 0.969. The molecule has 0 atom stereocenters. The summed E-state index contributed by atoms with van der Waals surface area (Å²) in [5.41, 5.74) is 8.51. The number of fused-ring (bicyclic) bond motifs is 4. The van der Waals surface area contributed by atoms with Crippen molar-refractivity contribution in [1.29, 1.82) is 0 Å². The van der Waals surface area contributed by atoms with Crippen molar-refractivity contribution < 1.29 is 0 Å². The van der Waals surface area contributed by atoms with Crippen LogP contribution < -0.4 is 0 Å². The van der Waals surface area contributed by atoms with E-state index >= 15 is 0 Å². The van der Waals surface area contributed by atoms with Crippen LogP contribution >= 0.6 is 0 Å². The van der Waals surface area contributed by atoms with Crippen LogP contribution in [0.25, 0.3) is 77.0 Å². The van der Waals surface area contributed by atoms with Gasteiger partial charge in [-0.15, -0.1) is 0 Å². The third kappa shape index (κ3) is 3.65. The van der Waals surface area contributed by atoms with Crippen LogP contribution in [0.5, 0.6) is 0 Å². The van der Waals surface area contributed by atoms with Crippen molar-refractivity contribution in [3.8, 4) is 33.6 Å². The van der Waals surface area contributed by atoms with Gasteiger partial charge in [0.2, 0.25) is 0 Å². The van der Waals surface area contributed by atoms with Crippen LogP contribution in [0.1, 0.15) is 0 Å². The Morgan fingerprint density at radius 2 is 0.675 bits per heavy atom. The number of nitrogens with zero attached hydrogens (tertiary/aromatic N) is 2. The molecular weight excluding hydrogens is 484 g/mol. The molecule has 0 unspecified atom stereocenters. The minimum absolute atomic E-state index is 0.969. The molecule has 0 fully saturated rings. The van der Waals surface area contributed by atoms with Crippen LogP contribution in [0.15, 0.2) is 146 Å². The van der Waals surface area contributed by atoms with E-state index in [-0.39, 0.29) is 0 Å². The number of aromatic nitrogens is 2. The highest BCUT2D eigenvalue weighted by Crippen LogP contribution is 2.44. The van der Waals surface area contributed by atoms with E-state index in [2.05, 4.69) is 146 Å². The van der Waals surface area contributed by atoms with Gasteiger partial charge in [-0.25, -0.2) is 9.97 Å². The Morgan fingerprint density at radius 3 is 1.15 bits per heavy atom. The average molecular weight is 509 g/mol. The van der Waals surface area contributed by atoms with E-state index in [1.165, 1.54) is 21.5 Å². The van der Waals surface area contributed by atoms with Gasteiger partial charge in [0.15, 0.2) is 0 Å². The van der Waals surface area contributed by atoms with E-state index in [9.17, 15) is 0 Å². The standard InChI is InChI=1S/C38H24N2/c1-5-13-29-25(9-1)17-21-31(37(29)35-23-19-27-11-3-7-15-33(27)39-35)32-22-18-26-10-2-6-14-30(26)38(32)36-24-20-28-12-4-8-16-34(28)40-36/h1-24H. The lowest BCUT2D eigenvalue weighted by Crippen LogP contribution is -1.95. The Bertz CT molecular complexity index is 2070. The van der Waals surface area contributed by atoms with Gasteiger partial charge in [0.05, 0.1) is 22.4 Å². The van der Waals surface area contributed by atoms with Crippen molar-refractivity contribution in [3.63, 3.8) is 0 Å². The molecule has 2 heterocycles. The molecular formula is C38H24N2. The van der Waals surface area contributed by atoms with E-state index < -0.39 is 0 Å². The number of pyridine rings is 2. The first-order chi connectivity index (χ1) is 19.8. The third-order valence-electron chi connectivity index (χ3n) is 7.86. The monoisotopic (exact) mass is 508 g/mol. The van der Waals surface area contributed by atoms with E-state index in [0.717, 1.165) is 55.4 Å². The molecule has 8 rings (SSSR count). The highest BCUT2D eigenvalue weighted by molar-refractivity contribution is 6.10. The molecule has 8 aromatic rings. The van der Waals surface area contributed by atoms with Crippen molar-refractivity contribution >= 4 is 43.4 Å². The van der Waals surface area contributed by atoms with Gasteiger partial charge in [-0.2, -0.15) is 0 Å². The average Bonchev–Trinajstić information content (AvgIpc) is 3.03. The maximum atomic E-state index is 5.17. The summed E-state index contributed by atoms with van der Waals surface area (Å²) in [7, 11) is 0. The fourth-order valence-electron chi connectivity index (χ4n) is 5.95. The summed E-state index contributed by atoms with van der Waals surface area (Å²) in [6.07, 6.45) is 0. The SMILES string of the molecule is c1ccc2nc(-c3c(-c4ccc5ccccc5c4-c4ccc5ccccc5n4)ccc4ccccc34)ccc2c1. The van der Waals surface area contributed by atoms with Crippen LogP contribution in [0, 0.1) is 0 Å². The lowest BCUT2D eigenvalue weighted by Gasteiger charge is -2.18. The number of para-hydroxylation sites is 2. The molecule has 0 spiro atoms. The lowest BCUT2D eigenvalue weighted by molar-refractivity contribution is 1.40. The lowest BCUT2D eigenvalue weighted by atomic mass is 9.86. The van der Waals surface area contributed by atoms with E-state index in [1.54, 1.807) is 0 Å². The Balaban J connectivity index is 1.48. The minimum Gasteiger partial charge on any atom is -0.248 e. The van der Waals surface area contributed by atoms with Gasteiger partial charge in [-0.1, -0.05) is 121 Å². The normalized spacial score (nSPS) is 11.5. The topological polar surface area (TPSA) is 25.8 Å². The van der Waals surface area contributed by atoms with E-state index in [4.69, 9.17) is 9.97 Å². The molecule has 0 saturated carbocycles. The first-order valence-corrected chi connectivity index (χ1v) is 13.6. The zero-order valence-corrected chi connectivity index (χ0v) is 21.8. The predicted molar refractivity (Wildman–Crippen MR) is 168 cm³/mol. The molecule has 0 N–H and O–H groups in total. The van der Waals surface area contributed by atoms with E-state index in [1.807, 2.05) is 0 Å². The summed E-state index contributed by atoms with van der Waals surface area (Å²) in [5, 5.41) is 7.05. The first kappa shape index (κ1) is 22.6. The van der Waals surface area contributed by atoms with Crippen LogP contribution in [0.4, 0.5) is 0 Å². The molecule has 0 radical (unpaired) electrons. The summed E-state index contributed by atoms with van der Waals surface area (Å²) in [4.78, 5) is 10.3. The van der Waals surface area contributed by atoms with Gasteiger partial charge in [-0.05, 0) is 56.9 Å². The molecule has 6 aromatic carbocycles. The molecule has 40 heavy (non-hydrogen) atoms. The Labute approximate surface area is 232 Å². The molecule has 2 nitrogen and oxygen atoms in total. The fraction of sp³-hybridized carbons (Fsp3) is 0. The molecule has 0 aliphatic heterocycles. The molecule has 186 valence electrons. The van der Waals surface area contributed by atoms with Crippen molar-refractivity contribution in [2.45, 2.75) is 0 Å². The van der Waals surface area contributed by atoms with Crippen molar-refractivity contribution in [3.05, 3.63) is 146 Å². The maximum absolute atomic E-state index is 5.17. The quantitative estimate of drug-likeness (QED) is 0.237. The Morgan fingerprint density at radius 1 is 0.300 bits per heavy atom. The molecule has 0 aliphatic rings. The van der Waals surface area contributed by atoms with Crippen LogP contribution in [-0.2, 0) is 0 Å². The molecule has 0 saturated heterocycles. The summed E-state index contributed by atoms with van der Waals surface area (Å²) < 4.78 is 0. The number of hydrogen-bond acceptors (Lipinski definition) is 2. The van der Waals surface area contributed by atoms with Crippen LogP contribution in [0.2, 0.25) is 0 Å². The predicted octanol–water partition coefficient (Wildman–Crippen LogP) is 10.1. The third-order valence-corrected chi connectivity index (χ3v) is 7.86. The zero-order valence-electron chi connectivity index (χ0n) is 21.8. The molecule has 2 aromatic heterocycles. The van der Waals surface area contributed by atoms with Crippen LogP contribution in [-0.4, -0.2) is 9.97 Å². The van der Waals surface area contributed by atoms with Gasteiger partial charge in [0, 0.05) is 21.9 Å². The second kappa shape index (κ2) is 9.14. The van der Waals surface area contributed by atoms with Gasteiger partial charge in [0.25, 0.3) is 0 Å².